The molecule has 134 valence electrons. The number of nitrogens with zero attached hydrogens (tertiary/aromatic N) is 1. The van der Waals surface area contributed by atoms with Crippen molar-refractivity contribution in [1.29, 1.82) is 0 Å². The first-order valence-corrected chi connectivity index (χ1v) is 8.98. The van der Waals surface area contributed by atoms with Gasteiger partial charge in [-0.05, 0) is 63.2 Å². The molecule has 25 heavy (non-hydrogen) atoms. The molecule has 2 atom stereocenters. The summed E-state index contributed by atoms with van der Waals surface area (Å²) in [6.07, 6.45) is 3.43. The van der Waals surface area contributed by atoms with Gasteiger partial charge in [-0.25, -0.2) is 0 Å². The van der Waals surface area contributed by atoms with E-state index in [2.05, 4.69) is 10.2 Å². The minimum atomic E-state index is -0.603. The summed E-state index contributed by atoms with van der Waals surface area (Å²) in [4.78, 5) is 14.8. The number of carbonyl (C=O) groups excluding carboxylic acids is 1. The van der Waals surface area contributed by atoms with Crippen molar-refractivity contribution in [2.75, 3.05) is 19.6 Å². The van der Waals surface area contributed by atoms with Crippen LogP contribution in [-0.4, -0.2) is 36.5 Å². The first-order valence-electron chi connectivity index (χ1n) is 8.61. The molecule has 0 unspecified atom stereocenters. The lowest BCUT2D eigenvalue weighted by Crippen LogP contribution is -2.41. The summed E-state index contributed by atoms with van der Waals surface area (Å²) < 4.78 is 11.2. The van der Waals surface area contributed by atoms with Crippen LogP contribution in [0.25, 0.3) is 0 Å². The molecule has 5 nitrogen and oxygen atoms in total. The molecule has 1 amide bonds. The van der Waals surface area contributed by atoms with E-state index in [0.717, 1.165) is 18.8 Å². The number of likely N-dealkylation sites (tertiary alicyclic amines) is 1. The van der Waals surface area contributed by atoms with Gasteiger partial charge in [-0.3, -0.25) is 9.69 Å². The third-order valence-corrected chi connectivity index (χ3v) is 4.64. The molecule has 3 rings (SSSR count). The summed E-state index contributed by atoms with van der Waals surface area (Å²) in [5.41, 5.74) is 0. The van der Waals surface area contributed by atoms with Gasteiger partial charge >= 0.3 is 0 Å². The highest BCUT2D eigenvalue weighted by atomic mass is 35.5. The van der Waals surface area contributed by atoms with Gasteiger partial charge in [0.05, 0.1) is 12.3 Å². The zero-order valence-electron chi connectivity index (χ0n) is 14.3. The summed E-state index contributed by atoms with van der Waals surface area (Å²) in [6.45, 7) is 4.27. The lowest BCUT2D eigenvalue weighted by Gasteiger charge is -2.26. The van der Waals surface area contributed by atoms with Crippen molar-refractivity contribution in [2.45, 2.75) is 31.9 Å². The maximum Gasteiger partial charge on any atom is 0.260 e. The van der Waals surface area contributed by atoms with Gasteiger partial charge in [0.15, 0.2) is 6.10 Å². The molecule has 1 saturated heterocycles. The second-order valence-corrected chi connectivity index (χ2v) is 6.67. The molecule has 0 radical (unpaired) electrons. The van der Waals surface area contributed by atoms with Gasteiger partial charge < -0.3 is 14.5 Å². The topological polar surface area (TPSA) is 54.7 Å². The number of hydrogen-bond acceptors (Lipinski definition) is 4. The van der Waals surface area contributed by atoms with Crippen molar-refractivity contribution >= 4 is 17.5 Å². The highest BCUT2D eigenvalue weighted by Gasteiger charge is 2.26. The van der Waals surface area contributed by atoms with E-state index in [1.165, 1.54) is 12.8 Å². The largest absolute Gasteiger partial charge is 0.481 e. The zero-order valence-corrected chi connectivity index (χ0v) is 15.0. The van der Waals surface area contributed by atoms with Crippen LogP contribution in [0.1, 0.15) is 31.6 Å². The van der Waals surface area contributed by atoms with E-state index >= 15 is 0 Å². The van der Waals surface area contributed by atoms with E-state index in [1.54, 1.807) is 37.5 Å². The van der Waals surface area contributed by atoms with E-state index in [4.69, 9.17) is 20.8 Å². The number of amides is 1. The predicted octanol–water partition coefficient (Wildman–Crippen LogP) is 3.65. The van der Waals surface area contributed by atoms with E-state index in [-0.39, 0.29) is 11.9 Å². The molecule has 2 heterocycles. The molecule has 0 spiro atoms. The lowest BCUT2D eigenvalue weighted by molar-refractivity contribution is -0.127. The monoisotopic (exact) mass is 362 g/mol. The third-order valence-electron chi connectivity index (χ3n) is 4.40. The minimum absolute atomic E-state index is 0.0554. The average Bonchev–Trinajstić information content (AvgIpc) is 3.29. The van der Waals surface area contributed by atoms with Crippen LogP contribution in [0.3, 0.4) is 0 Å². The van der Waals surface area contributed by atoms with Crippen LogP contribution < -0.4 is 10.1 Å². The van der Waals surface area contributed by atoms with Crippen LogP contribution >= 0.6 is 11.6 Å². The fraction of sp³-hybridized carbons (Fsp3) is 0.421. The van der Waals surface area contributed by atoms with Gasteiger partial charge in [-0.2, -0.15) is 0 Å². The van der Waals surface area contributed by atoms with Crippen LogP contribution in [0.4, 0.5) is 0 Å². The minimum Gasteiger partial charge on any atom is -0.481 e. The Bertz CT molecular complexity index is 684. The van der Waals surface area contributed by atoms with Gasteiger partial charge in [-0.1, -0.05) is 17.7 Å². The fourth-order valence-corrected chi connectivity index (χ4v) is 3.26. The predicted molar refractivity (Wildman–Crippen MR) is 96.8 cm³/mol. The van der Waals surface area contributed by atoms with Crippen molar-refractivity contribution in [3.8, 4) is 5.75 Å². The average molecular weight is 363 g/mol. The van der Waals surface area contributed by atoms with Crippen molar-refractivity contribution < 1.29 is 13.9 Å². The second-order valence-electron chi connectivity index (χ2n) is 6.24. The molecule has 1 fully saturated rings. The second kappa shape index (κ2) is 8.41. The van der Waals surface area contributed by atoms with Crippen LogP contribution in [0.15, 0.2) is 47.1 Å². The zero-order chi connectivity index (χ0) is 17.6. The number of ether oxygens (including phenoxy) is 1. The molecular formula is C19H23ClN2O3. The van der Waals surface area contributed by atoms with Crippen LogP contribution in [-0.2, 0) is 4.79 Å². The molecular weight excluding hydrogens is 340 g/mol. The summed E-state index contributed by atoms with van der Waals surface area (Å²) in [7, 11) is 0. The van der Waals surface area contributed by atoms with E-state index in [1.807, 2.05) is 12.1 Å². The molecule has 1 aliphatic rings. The van der Waals surface area contributed by atoms with E-state index < -0.39 is 6.10 Å². The highest BCUT2D eigenvalue weighted by molar-refractivity contribution is 6.30. The van der Waals surface area contributed by atoms with Crippen molar-refractivity contribution in [3.63, 3.8) is 0 Å². The maximum atomic E-state index is 12.4. The number of benzene rings is 1. The summed E-state index contributed by atoms with van der Waals surface area (Å²) in [5, 5.41) is 3.56. The Balaban J connectivity index is 1.57. The number of nitrogens with one attached hydrogen (secondary N) is 1. The smallest absolute Gasteiger partial charge is 0.260 e. The number of rotatable bonds is 7. The van der Waals surface area contributed by atoms with E-state index in [9.17, 15) is 4.79 Å². The molecule has 0 saturated carbocycles. The van der Waals surface area contributed by atoms with Gasteiger partial charge in [0.2, 0.25) is 0 Å². The summed E-state index contributed by atoms with van der Waals surface area (Å²) >= 11 is 5.94. The van der Waals surface area contributed by atoms with Gasteiger partial charge in [0.1, 0.15) is 11.5 Å². The van der Waals surface area contributed by atoms with Gasteiger partial charge in [0.25, 0.3) is 5.91 Å². The van der Waals surface area contributed by atoms with Crippen molar-refractivity contribution in [2.24, 2.45) is 0 Å². The molecule has 0 aliphatic carbocycles. The molecule has 1 aromatic heterocycles. The van der Waals surface area contributed by atoms with Crippen LogP contribution in [0, 0.1) is 0 Å². The number of furan rings is 1. The Morgan fingerprint density at radius 3 is 2.80 bits per heavy atom. The molecule has 1 N–H and O–H groups in total. The lowest BCUT2D eigenvalue weighted by atomic mass is 10.2. The maximum absolute atomic E-state index is 12.4. The first-order chi connectivity index (χ1) is 12.1. The quantitative estimate of drug-likeness (QED) is 0.816. The molecule has 1 aromatic carbocycles. The number of hydrogen-bond donors (Lipinski definition) is 1. The SMILES string of the molecule is C[C@@H](Oc1cccc(Cl)c1)C(=O)NC[C@H](c1ccco1)N1CCCC1. The summed E-state index contributed by atoms with van der Waals surface area (Å²) in [6, 6.07) is 10.9. The summed E-state index contributed by atoms with van der Waals surface area (Å²) in [5.74, 6) is 1.30. The standard InChI is InChI=1S/C19H23ClN2O3/c1-14(25-16-7-4-6-15(20)12-16)19(23)21-13-17(18-8-5-11-24-18)22-9-2-3-10-22/h4-8,11-12,14,17H,2-3,9-10,13H2,1H3,(H,21,23)/t14-,17-/m1/s1. The van der Waals surface area contributed by atoms with Gasteiger partial charge in [-0.15, -0.1) is 0 Å². The Labute approximate surface area is 152 Å². The molecule has 0 bridgehead atoms. The van der Waals surface area contributed by atoms with Crippen molar-refractivity contribution in [3.05, 3.63) is 53.4 Å². The first kappa shape index (κ1) is 17.8. The van der Waals surface area contributed by atoms with Crippen LogP contribution in [0.5, 0.6) is 5.75 Å². The fourth-order valence-electron chi connectivity index (χ4n) is 3.08. The van der Waals surface area contributed by atoms with E-state index in [0.29, 0.717) is 17.3 Å². The number of carbonyl (C=O) groups is 1. The van der Waals surface area contributed by atoms with Crippen LogP contribution in [0.2, 0.25) is 5.02 Å². The third kappa shape index (κ3) is 4.77. The Hall–Kier alpha value is -1.98. The Morgan fingerprint density at radius 2 is 2.12 bits per heavy atom. The Morgan fingerprint density at radius 1 is 1.32 bits per heavy atom. The van der Waals surface area contributed by atoms with Crippen molar-refractivity contribution in [1.82, 2.24) is 10.2 Å². The normalized spacial score (nSPS) is 17.2. The number of halogens is 1. The molecule has 1 aliphatic heterocycles. The van der Waals surface area contributed by atoms with Gasteiger partial charge in [0, 0.05) is 11.6 Å². The highest BCUT2D eigenvalue weighted by Crippen LogP contribution is 2.25. The molecule has 2 aromatic rings. The molecule has 6 heteroatoms. The Kier molecular flexibility index (Phi) is 6.00.